The van der Waals surface area contributed by atoms with Crippen LogP contribution in [-0.2, 0) is 0 Å². The van der Waals surface area contributed by atoms with E-state index in [0.29, 0.717) is 6.61 Å². The summed E-state index contributed by atoms with van der Waals surface area (Å²) < 4.78 is 0. The van der Waals surface area contributed by atoms with Gasteiger partial charge in [0.25, 0.3) is 0 Å². The minimum atomic E-state index is 0.385. The van der Waals surface area contributed by atoms with E-state index in [9.17, 15) is 0 Å². The molecule has 3 aliphatic rings. The average Bonchev–Trinajstić information content (AvgIpc) is 2.78. The molecule has 0 radical (unpaired) electrons. The molecule has 3 atom stereocenters. The first-order valence-corrected chi connectivity index (χ1v) is 13.9. The minimum absolute atomic E-state index is 0.385. The highest BCUT2D eigenvalue weighted by Gasteiger charge is 2.37. The van der Waals surface area contributed by atoms with Gasteiger partial charge in [0.15, 0.2) is 0 Å². The molecule has 1 nitrogen and oxygen atoms in total. The summed E-state index contributed by atoms with van der Waals surface area (Å²) in [5.74, 6) is 7.28. The highest BCUT2D eigenvalue weighted by molar-refractivity contribution is 4.88. The van der Waals surface area contributed by atoms with Gasteiger partial charge in [0.2, 0.25) is 0 Å². The number of unbranched alkanes of at least 4 members (excludes halogenated alkanes) is 2. The number of aliphatic hydroxyl groups excluding tert-OH is 1. The van der Waals surface area contributed by atoms with E-state index in [0.717, 1.165) is 47.8 Å². The Morgan fingerprint density at radius 1 is 0.621 bits per heavy atom. The van der Waals surface area contributed by atoms with Crippen LogP contribution in [-0.4, -0.2) is 11.7 Å². The summed E-state index contributed by atoms with van der Waals surface area (Å²) in [6.07, 6.45) is 26.3. The van der Waals surface area contributed by atoms with Gasteiger partial charge in [-0.1, -0.05) is 71.6 Å². The molecule has 0 aromatic heterocycles. The molecule has 3 aliphatic carbocycles. The van der Waals surface area contributed by atoms with Gasteiger partial charge in [-0.3, -0.25) is 0 Å². The van der Waals surface area contributed by atoms with Crippen LogP contribution >= 0.6 is 0 Å². The second kappa shape index (κ2) is 12.7. The van der Waals surface area contributed by atoms with Gasteiger partial charge in [0.1, 0.15) is 0 Å². The molecule has 0 saturated heterocycles. The van der Waals surface area contributed by atoms with Crippen LogP contribution in [0.1, 0.15) is 129 Å². The molecule has 3 rings (SSSR count). The third kappa shape index (κ3) is 6.98. The molecule has 3 unspecified atom stereocenters. The van der Waals surface area contributed by atoms with Crippen molar-refractivity contribution in [2.75, 3.05) is 6.61 Å². The number of aliphatic hydroxyl groups is 1. The quantitative estimate of drug-likeness (QED) is 0.362. The first kappa shape index (κ1) is 23.6. The van der Waals surface area contributed by atoms with Crippen LogP contribution in [0.5, 0.6) is 0 Å². The van der Waals surface area contributed by atoms with Gasteiger partial charge in [-0.2, -0.15) is 0 Å². The maximum absolute atomic E-state index is 9.07. The van der Waals surface area contributed by atoms with Crippen LogP contribution < -0.4 is 0 Å². The lowest BCUT2D eigenvalue weighted by Gasteiger charge is -2.44. The highest BCUT2D eigenvalue weighted by atomic mass is 16.2. The lowest BCUT2D eigenvalue weighted by Crippen LogP contribution is -2.34. The van der Waals surface area contributed by atoms with E-state index >= 15 is 0 Å². The third-order valence-corrected chi connectivity index (χ3v) is 9.64. The first-order valence-electron chi connectivity index (χ1n) is 13.9. The van der Waals surface area contributed by atoms with E-state index in [4.69, 9.17) is 5.11 Å². The van der Waals surface area contributed by atoms with E-state index in [2.05, 4.69) is 13.8 Å². The SMILES string of the molecule is CCCCC1CCC(C2CCC(C3CCC(CCCCO)CC3CC)CC2)CC1. The van der Waals surface area contributed by atoms with Gasteiger partial charge in [-0.15, -0.1) is 0 Å². The molecule has 0 amide bonds. The molecular weight excluding hydrogens is 352 g/mol. The van der Waals surface area contributed by atoms with E-state index in [1.807, 2.05) is 0 Å². The Kier molecular flexibility index (Phi) is 10.4. The highest BCUT2D eigenvalue weighted by Crippen LogP contribution is 2.49. The Bertz CT molecular complexity index is 416. The van der Waals surface area contributed by atoms with Gasteiger partial charge in [-0.25, -0.2) is 0 Å². The molecule has 0 spiro atoms. The summed E-state index contributed by atoms with van der Waals surface area (Å²) in [6, 6.07) is 0. The maximum Gasteiger partial charge on any atom is 0.0431 e. The molecule has 1 heteroatoms. The third-order valence-electron chi connectivity index (χ3n) is 9.64. The van der Waals surface area contributed by atoms with Crippen LogP contribution in [0.3, 0.4) is 0 Å². The van der Waals surface area contributed by atoms with Crippen molar-refractivity contribution in [3.8, 4) is 0 Å². The Labute approximate surface area is 182 Å². The van der Waals surface area contributed by atoms with Crippen molar-refractivity contribution in [2.24, 2.45) is 41.4 Å². The second-order valence-corrected chi connectivity index (χ2v) is 11.3. The lowest BCUT2D eigenvalue weighted by molar-refractivity contribution is 0.0640. The van der Waals surface area contributed by atoms with Crippen molar-refractivity contribution in [3.05, 3.63) is 0 Å². The number of hydrogen-bond acceptors (Lipinski definition) is 1. The molecule has 0 bridgehead atoms. The molecule has 170 valence electrons. The minimum Gasteiger partial charge on any atom is -0.396 e. The molecule has 3 saturated carbocycles. The van der Waals surface area contributed by atoms with Crippen LogP contribution in [0.2, 0.25) is 0 Å². The average molecular weight is 405 g/mol. The number of rotatable bonds is 10. The predicted octanol–water partition coefficient (Wildman–Crippen LogP) is 8.39. The van der Waals surface area contributed by atoms with E-state index < -0.39 is 0 Å². The monoisotopic (exact) mass is 404 g/mol. The summed E-state index contributed by atoms with van der Waals surface area (Å²) in [6.45, 7) is 5.18. The molecular formula is C28H52O. The smallest absolute Gasteiger partial charge is 0.0431 e. The number of hydrogen-bond donors (Lipinski definition) is 1. The fraction of sp³-hybridized carbons (Fsp3) is 1.00. The molecule has 0 aromatic carbocycles. The fourth-order valence-electron chi connectivity index (χ4n) is 7.77. The van der Waals surface area contributed by atoms with E-state index in [1.54, 1.807) is 51.4 Å². The topological polar surface area (TPSA) is 20.2 Å². The molecule has 29 heavy (non-hydrogen) atoms. The van der Waals surface area contributed by atoms with E-state index in [-0.39, 0.29) is 0 Å². The van der Waals surface area contributed by atoms with Crippen molar-refractivity contribution in [2.45, 2.75) is 129 Å². The van der Waals surface area contributed by atoms with E-state index in [1.165, 1.54) is 57.8 Å². The van der Waals surface area contributed by atoms with Gasteiger partial charge < -0.3 is 5.11 Å². The zero-order valence-electron chi connectivity index (χ0n) is 19.9. The van der Waals surface area contributed by atoms with Crippen LogP contribution in [0.25, 0.3) is 0 Å². The zero-order valence-corrected chi connectivity index (χ0v) is 19.9. The fourth-order valence-corrected chi connectivity index (χ4v) is 7.77. The van der Waals surface area contributed by atoms with Crippen molar-refractivity contribution < 1.29 is 5.11 Å². The van der Waals surface area contributed by atoms with Gasteiger partial charge >= 0.3 is 0 Å². The lowest BCUT2D eigenvalue weighted by atomic mass is 9.61. The Balaban J connectivity index is 1.39. The van der Waals surface area contributed by atoms with Gasteiger partial charge in [0, 0.05) is 6.61 Å². The van der Waals surface area contributed by atoms with Crippen LogP contribution in [0.15, 0.2) is 0 Å². The van der Waals surface area contributed by atoms with Crippen molar-refractivity contribution >= 4 is 0 Å². The molecule has 0 heterocycles. The standard InChI is InChI=1S/C28H52O/c1-3-5-8-22-10-13-25(14-11-22)26-15-17-27(18-16-26)28-19-12-23(9-6-7-20-29)21-24(28)4-2/h22-29H,3-21H2,1-2H3. The summed E-state index contributed by atoms with van der Waals surface area (Å²) in [5.41, 5.74) is 0. The van der Waals surface area contributed by atoms with Crippen molar-refractivity contribution in [1.82, 2.24) is 0 Å². The molecule has 1 N–H and O–H groups in total. The predicted molar refractivity (Wildman–Crippen MR) is 126 cm³/mol. The summed E-state index contributed by atoms with van der Waals surface area (Å²) in [4.78, 5) is 0. The summed E-state index contributed by atoms with van der Waals surface area (Å²) >= 11 is 0. The summed E-state index contributed by atoms with van der Waals surface area (Å²) in [5, 5.41) is 9.07. The normalized spacial score (nSPS) is 38.8. The second-order valence-electron chi connectivity index (χ2n) is 11.3. The Hall–Kier alpha value is -0.0400. The van der Waals surface area contributed by atoms with Crippen molar-refractivity contribution in [1.29, 1.82) is 0 Å². The molecule has 0 aromatic rings. The largest absolute Gasteiger partial charge is 0.396 e. The van der Waals surface area contributed by atoms with Crippen LogP contribution in [0, 0.1) is 41.4 Å². The van der Waals surface area contributed by atoms with Gasteiger partial charge in [-0.05, 0) is 99.2 Å². The van der Waals surface area contributed by atoms with Gasteiger partial charge in [0.05, 0.1) is 0 Å². The molecule has 0 aliphatic heterocycles. The Morgan fingerprint density at radius 2 is 1.21 bits per heavy atom. The maximum atomic E-state index is 9.07. The zero-order chi connectivity index (χ0) is 20.5. The molecule has 3 fully saturated rings. The first-order chi connectivity index (χ1) is 14.2. The van der Waals surface area contributed by atoms with Crippen LogP contribution in [0.4, 0.5) is 0 Å². The van der Waals surface area contributed by atoms with Crippen molar-refractivity contribution in [3.63, 3.8) is 0 Å². The summed E-state index contributed by atoms with van der Waals surface area (Å²) in [7, 11) is 0. The Morgan fingerprint density at radius 3 is 1.83 bits per heavy atom.